The number of rotatable bonds is 1. The fourth-order valence-electron chi connectivity index (χ4n) is 1.38. The van der Waals surface area contributed by atoms with Gasteiger partial charge in [-0.1, -0.05) is 13.8 Å². The Morgan fingerprint density at radius 2 is 1.92 bits per heavy atom. The van der Waals surface area contributed by atoms with Gasteiger partial charge >= 0.3 is 0 Å². The molecule has 12 heavy (non-hydrogen) atoms. The topological polar surface area (TPSA) is 42.2 Å². The van der Waals surface area contributed by atoms with Crippen molar-refractivity contribution < 1.29 is 9.47 Å². The smallest absolute Gasteiger partial charge is 0.173 e. The fraction of sp³-hybridized carbons (Fsp3) is 0.889. The van der Waals surface area contributed by atoms with Crippen molar-refractivity contribution >= 4 is 0 Å². The Morgan fingerprint density at radius 3 is 2.25 bits per heavy atom. The highest BCUT2D eigenvalue weighted by Crippen LogP contribution is 2.31. The molecular formula is C9H15NO2. The Balaban J connectivity index is 2.71. The van der Waals surface area contributed by atoms with Crippen LogP contribution in [0.3, 0.4) is 0 Å². The largest absolute Gasteiger partial charge is 0.343 e. The van der Waals surface area contributed by atoms with Crippen molar-refractivity contribution in [3.05, 3.63) is 0 Å². The standard InChI is InChI=1S/C9H15NO2/c1-6(2)8-7(5-10)11-9(3,4)12-8/h6-8H,1-4H3/t7-,8-/m0/s1. The number of nitriles is 1. The fourth-order valence-corrected chi connectivity index (χ4v) is 1.38. The molecule has 3 nitrogen and oxygen atoms in total. The molecule has 0 spiro atoms. The average molecular weight is 169 g/mol. The summed E-state index contributed by atoms with van der Waals surface area (Å²) in [6.07, 6.45) is -0.509. The summed E-state index contributed by atoms with van der Waals surface area (Å²) in [6.45, 7) is 7.72. The van der Waals surface area contributed by atoms with Crippen LogP contribution in [0, 0.1) is 17.2 Å². The lowest BCUT2D eigenvalue weighted by molar-refractivity contribution is -0.146. The van der Waals surface area contributed by atoms with Gasteiger partial charge in [-0.3, -0.25) is 0 Å². The second-order valence-electron chi connectivity index (χ2n) is 3.89. The van der Waals surface area contributed by atoms with Crippen LogP contribution in [0.25, 0.3) is 0 Å². The molecule has 1 aliphatic rings. The molecular weight excluding hydrogens is 154 g/mol. The Morgan fingerprint density at radius 1 is 1.33 bits per heavy atom. The molecule has 1 heterocycles. The van der Waals surface area contributed by atoms with Gasteiger partial charge in [-0.25, -0.2) is 0 Å². The summed E-state index contributed by atoms with van der Waals surface area (Å²) >= 11 is 0. The van der Waals surface area contributed by atoms with Crippen LogP contribution < -0.4 is 0 Å². The van der Waals surface area contributed by atoms with Gasteiger partial charge in [0, 0.05) is 0 Å². The number of ether oxygens (including phenoxy) is 2. The zero-order valence-corrected chi connectivity index (χ0v) is 8.00. The lowest BCUT2D eigenvalue weighted by Crippen LogP contribution is -2.26. The van der Waals surface area contributed by atoms with Crippen molar-refractivity contribution in [3.8, 4) is 6.07 Å². The van der Waals surface area contributed by atoms with E-state index in [1.165, 1.54) is 0 Å². The number of hydrogen-bond donors (Lipinski definition) is 0. The van der Waals surface area contributed by atoms with E-state index >= 15 is 0 Å². The quantitative estimate of drug-likeness (QED) is 0.599. The van der Waals surface area contributed by atoms with Crippen LogP contribution in [0.4, 0.5) is 0 Å². The molecule has 1 rings (SSSR count). The van der Waals surface area contributed by atoms with Gasteiger partial charge in [-0.05, 0) is 19.8 Å². The molecule has 1 fully saturated rings. The van der Waals surface area contributed by atoms with Crippen LogP contribution in [-0.2, 0) is 9.47 Å². The molecule has 0 radical (unpaired) electrons. The minimum Gasteiger partial charge on any atom is -0.343 e. The number of nitrogens with zero attached hydrogens (tertiary/aromatic N) is 1. The van der Waals surface area contributed by atoms with Gasteiger partial charge in [0.15, 0.2) is 11.9 Å². The van der Waals surface area contributed by atoms with E-state index in [1.54, 1.807) is 0 Å². The third-order valence-electron chi connectivity index (χ3n) is 1.91. The zero-order valence-electron chi connectivity index (χ0n) is 8.00. The van der Waals surface area contributed by atoms with Gasteiger partial charge < -0.3 is 9.47 Å². The van der Waals surface area contributed by atoms with Gasteiger partial charge in [0.2, 0.25) is 0 Å². The third-order valence-corrected chi connectivity index (χ3v) is 1.91. The van der Waals surface area contributed by atoms with E-state index in [9.17, 15) is 0 Å². The first-order chi connectivity index (χ1) is 5.46. The molecule has 1 aliphatic heterocycles. The highest BCUT2D eigenvalue weighted by atomic mass is 16.7. The SMILES string of the molecule is CC(C)[C@@H]1OC(C)(C)O[C@H]1C#N. The molecule has 0 saturated carbocycles. The minimum absolute atomic E-state index is 0.0926. The summed E-state index contributed by atoms with van der Waals surface area (Å²) < 4.78 is 11.0. The first kappa shape index (κ1) is 9.50. The van der Waals surface area contributed by atoms with Gasteiger partial charge in [-0.15, -0.1) is 0 Å². The third kappa shape index (κ3) is 1.77. The van der Waals surface area contributed by atoms with E-state index in [-0.39, 0.29) is 6.10 Å². The van der Waals surface area contributed by atoms with Crippen LogP contribution in [-0.4, -0.2) is 18.0 Å². The van der Waals surface area contributed by atoms with Crippen molar-refractivity contribution in [3.63, 3.8) is 0 Å². The number of hydrogen-bond acceptors (Lipinski definition) is 3. The van der Waals surface area contributed by atoms with Crippen molar-refractivity contribution in [2.24, 2.45) is 5.92 Å². The van der Waals surface area contributed by atoms with Crippen molar-refractivity contribution in [1.82, 2.24) is 0 Å². The van der Waals surface area contributed by atoms with E-state index in [1.807, 2.05) is 27.7 Å². The Kier molecular flexibility index (Phi) is 2.41. The van der Waals surface area contributed by atoms with E-state index in [0.29, 0.717) is 5.92 Å². The molecule has 3 heteroatoms. The molecule has 68 valence electrons. The molecule has 0 N–H and O–H groups in total. The van der Waals surface area contributed by atoms with Crippen molar-refractivity contribution in [2.45, 2.75) is 45.7 Å². The second kappa shape index (κ2) is 3.04. The summed E-state index contributed by atoms with van der Waals surface area (Å²) in [5.74, 6) is -0.286. The zero-order chi connectivity index (χ0) is 9.35. The first-order valence-corrected chi connectivity index (χ1v) is 4.21. The van der Waals surface area contributed by atoms with Crippen LogP contribution in [0.5, 0.6) is 0 Å². The van der Waals surface area contributed by atoms with Crippen molar-refractivity contribution in [1.29, 1.82) is 5.26 Å². The molecule has 0 aromatic carbocycles. The molecule has 1 saturated heterocycles. The lowest BCUT2D eigenvalue weighted by atomic mass is 10.0. The molecule has 0 unspecified atom stereocenters. The Hall–Kier alpha value is -0.590. The highest BCUT2D eigenvalue weighted by Gasteiger charge is 2.42. The summed E-state index contributed by atoms with van der Waals surface area (Å²) in [4.78, 5) is 0. The second-order valence-corrected chi connectivity index (χ2v) is 3.89. The first-order valence-electron chi connectivity index (χ1n) is 4.21. The molecule has 0 amide bonds. The average Bonchev–Trinajstić information content (AvgIpc) is 2.25. The molecule has 0 bridgehead atoms. The van der Waals surface area contributed by atoms with Crippen LogP contribution in [0.1, 0.15) is 27.7 Å². The van der Waals surface area contributed by atoms with E-state index in [4.69, 9.17) is 14.7 Å². The molecule has 0 aromatic rings. The van der Waals surface area contributed by atoms with Crippen LogP contribution in [0.15, 0.2) is 0 Å². The van der Waals surface area contributed by atoms with Crippen LogP contribution >= 0.6 is 0 Å². The summed E-state index contributed by atoms with van der Waals surface area (Å²) in [5, 5.41) is 8.76. The van der Waals surface area contributed by atoms with Gasteiger partial charge in [0.05, 0.1) is 6.07 Å². The molecule has 0 aliphatic carbocycles. The summed E-state index contributed by atoms with van der Waals surface area (Å²) in [6, 6.07) is 2.10. The summed E-state index contributed by atoms with van der Waals surface area (Å²) in [7, 11) is 0. The lowest BCUT2D eigenvalue weighted by Gasteiger charge is -2.18. The highest BCUT2D eigenvalue weighted by molar-refractivity contribution is 4.97. The van der Waals surface area contributed by atoms with Gasteiger partial charge in [-0.2, -0.15) is 5.26 Å². The summed E-state index contributed by atoms with van der Waals surface area (Å²) in [5.41, 5.74) is 0. The Bertz CT molecular complexity index is 205. The van der Waals surface area contributed by atoms with Gasteiger partial charge in [0.25, 0.3) is 0 Å². The Labute approximate surface area is 73.3 Å². The van der Waals surface area contributed by atoms with Gasteiger partial charge in [0.1, 0.15) is 6.10 Å². The molecule has 2 atom stereocenters. The predicted molar refractivity (Wildman–Crippen MR) is 44.3 cm³/mol. The minimum atomic E-state index is -0.602. The van der Waals surface area contributed by atoms with E-state index < -0.39 is 11.9 Å². The van der Waals surface area contributed by atoms with Crippen molar-refractivity contribution in [2.75, 3.05) is 0 Å². The maximum atomic E-state index is 8.76. The van der Waals surface area contributed by atoms with E-state index in [2.05, 4.69) is 6.07 Å². The maximum absolute atomic E-state index is 8.76. The monoisotopic (exact) mass is 169 g/mol. The van der Waals surface area contributed by atoms with Crippen LogP contribution in [0.2, 0.25) is 0 Å². The maximum Gasteiger partial charge on any atom is 0.173 e. The normalized spacial score (nSPS) is 33.7. The molecule has 0 aromatic heterocycles. The van der Waals surface area contributed by atoms with E-state index in [0.717, 1.165) is 0 Å². The predicted octanol–water partition coefficient (Wildman–Crippen LogP) is 1.69.